The minimum atomic E-state index is -0.687. The summed E-state index contributed by atoms with van der Waals surface area (Å²) in [7, 11) is 2.72. The fourth-order valence-corrected chi connectivity index (χ4v) is 2.06. The zero-order valence-corrected chi connectivity index (χ0v) is 13.8. The van der Waals surface area contributed by atoms with Crippen molar-refractivity contribution in [2.75, 3.05) is 20.8 Å². The van der Waals surface area contributed by atoms with Crippen LogP contribution in [0.5, 0.6) is 17.2 Å². The van der Waals surface area contributed by atoms with Crippen molar-refractivity contribution in [2.45, 2.75) is 0 Å². The Bertz CT molecular complexity index is 744. The Morgan fingerprint density at radius 1 is 1.00 bits per heavy atom. The number of para-hydroxylation sites is 2. The zero-order chi connectivity index (χ0) is 17.5. The molecule has 0 spiro atoms. The van der Waals surface area contributed by atoms with Gasteiger partial charge in [-0.25, -0.2) is 9.59 Å². The van der Waals surface area contributed by atoms with Crippen LogP contribution in [0.3, 0.4) is 0 Å². The summed E-state index contributed by atoms with van der Waals surface area (Å²) in [5.41, 5.74) is 0.0515. The van der Waals surface area contributed by atoms with Gasteiger partial charge in [0.05, 0.1) is 14.2 Å². The number of methoxy groups -OCH3 is 2. The lowest BCUT2D eigenvalue weighted by Crippen LogP contribution is -2.19. The maximum atomic E-state index is 12.0. The van der Waals surface area contributed by atoms with Gasteiger partial charge in [-0.1, -0.05) is 23.7 Å². The third-order valence-corrected chi connectivity index (χ3v) is 3.22. The Morgan fingerprint density at radius 2 is 1.71 bits per heavy atom. The van der Waals surface area contributed by atoms with Gasteiger partial charge in [0.1, 0.15) is 11.3 Å². The average molecular weight is 351 g/mol. The Labute approximate surface area is 143 Å². The predicted octanol–water partition coefficient (Wildman–Crippen LogP) is 3.12. The van der Waals surface area contributed by atoms with Crippen LogP contribution in [0.2, 0.25) is 5.02 Å². The molecule has 0 heterocycles. The van der Waals surface area contributed by atoms with E-state index in [0.29, 0.717) is 16.5 Å². The number of benzene rings is 2. The molecule has 0 amide bonds. The first-order valence-corrected chi connectivity index (χ1v) is 7.27. The summed E-state index contributed by atoms with van der Waals surface area (Å²) in [6.45, 7) is -0.358. The van der Waals surface area contributed by atoms with Crippen molar-refractivity contribution in [3.63, 3.8) is 0 Å². The zero-order valence-electron chi connectivity index (χ0n) is 13.1. The van der Waals surface area contributed by atoms with Crippen LogP contribution in [0.25, 0.3) is 0 Å². The van der Waals surface area contributed by atoms with Gasteiger partial charge in [-0.2, -0.15) is 0 Å². The molecule has 0 unspecified atom stereocenters. The highest BCUT2D eigenvalue weighted by atomic mass is 35.5. The molecule has 0 atom stereocenters. The summed E-state index contributed by atoms with van der Waals surface area (Å²) in [5, 5.41) is 0.320. The van der Waals surface area contributed by atoms with Gasteiger partial charge < -0.3 is 18.9 Å². The monoisotopic (exact) mass is 350 g/mol. The molecule has 0 saturated carbocycles. The molecule has 2 aromatic rings. The highest BCUT2D eigenvalue weighted by Crippen LogP contribution is 2.26. The fraction of sp³-hybridized carbons (Fsp3) is 0.176. The van der Waals surface area contributed by atoms with E-state index in [9.17, 15) is 9.59 Å². The number of halogens is 1. The maximum Gasteiger partial charge on any atom is 0.349 e. The van der Waals surface area contributed by atoms with Gasteiger partial charge in [-0.05, 0) is 30.3 Å². The standard InChI is InChI=1S/C17H15ClO6/c1-21-14-5-3-4-6-15(14)23-10-16(19)24-13-8-7-11(18)9-12(13)17(20)22-2/h3-9H,10H2,1-2H3. The van der Waals surface area contributed by atoms with Gasteiger partial charge >= 0.3 is 11.9 Å². The van der Waals surface area contributed by atoms with Crippen LogP contribution in [0.1, 0.15) is 10.4 Å². The molecule has 0 aliphatic heterocycles. The van der Waals surface area contributed by atoms with Crippen LogP contribution < -0.4 is 14.2 Å². The second-order valence-corrected chi connectivity index (χ2v) is 4.98. The van der Waals surface area contributed by atoms with Crippen LogP contribution in [-0.4, -0.2) is 32.8 Å². The van der Waals surface area contributed by atoms with Crippen LogP contribution in [0, 0.1) is 0 Å². The first kappa shape index (κ1) is 17.6. The average Bonchev–Trinajstić information content (AvgIpc) is 2.61. The van der Waals surface area contributed by atoms with Crippen molar-refractivity contribution in [2.24, 2.45) is 0 Å². The van der Waals surface area contributed by atoms with E-state index in [1.807, 2.05) is 0 Å². The topological polar surface area (TPSA) is 71.1 Å². The van der Waals surface area contributed by atoms with Gasteiger partial charge in [0.15, 0.2) is 18.1 Å². The number of esters is 2. The quantitative estimate of drug-likeness (QED) is 0.589. The van der Waals surface area contributed by atoms with Crippen molar-refractivity contribution in [3.8, 4) is 17.2 Å². The van der Waals surface area contributed by atoms with Crippen LogP contribution >= 0.6 is 11.6 Å². The molecule has 0 bridgehead atoms. The Balaban J connectivity index is 2.06. The highest BCUT2D eigenvalue weighted by molar-refractivity contribution is 6.31. The summed E-state index contributed by atoms with van der Waals surface area (Å²) in [6, 6.07) is 11.2. The SMILES string of the molecule is COC(=O)c1cc(Cl)ccc1OC(=O)COc1ccccc1OC. The third kappa shape index (κ3) is 4.39. The van der Waals surface area contributed by atoms with E-state index in [1.165, 1.54) is 32.4 Å². The van der Waals surface area contributed by atoms with Crippen molar-refractivity contribution < 1.29 is 28.5 Å². The molecule has 6 nitrogen and oxygen atoms in total. The second kappa shape index (κ2) is 8.21. The first-order chi connectivity index (χ1) is 11.5. The molecule has 0 aliphatic carbocycles. The Hall–Kier alpha value is -2.73. The van der Waals surface area contributed by atoms with Gasteiger partial charge in [0.25, 0.3) is 0 Å². The van der Waals surface area contributed by atoms with E-state index in [-0.39, 0.29) is 17.9 Å². The molecule has 24 heavy (non-hydrogen) atoms. The van der Waals surface area contributed by atoms with Crippen molar-refractivity contribution >= 4 is 23.5 Å². The van der Waals surface area contributed by atoms with E-state index in [4.69, 9.17) is 25.8 Å². The summed E-state index contributed by atoms with van der Waals surface area (Å²) in [5.74, 6) is -0.410. The van der Waals surface area contributed by atoms with Gasteiger partial charge in [0.2, 0.25) is 0 Å². The van der Waals surface area contributed by atoms with E-state index in [0.717, 1.165) is 0 Å². The molecule has 0 aliphatic rings. The number of rotatable bonds is 6. The Kier molecular flexibility index (Phi) is 6.03. The fourth-order valence-electron chi connectivity index (χ4n) is 1.89. The van der Waals surface area contributed by atoms with Gasteiger partial charge in [0, 0.05) is 5.02 Å². The number of hydrogen-bond donors (Lipinski definition) is 0. The second-order valence-electron chi connectivity index (χ2n) is 4.55. The summed E-state index contributed by atoms with van der Waals surface area (Å²) < 4.78 is 20.3. The summed E-state index contributed by atoms with van der Waals surface area (Å²) >= 11 is 5.84. The lowest BCUT2D eigenvalue weighted by Gasteiger charge is -2.11. The maximum absolute atomic E-state index is 12.0. The predicted molar refractivity (Wildman–Crippen MR) is 86.9 cm³/mol. The van der Waals surface area contributed by atoms with E-state index >= 15 is 0 Å². The van der Waals surface area contributed by atoms with Gasteiger partial charge in [-0.15, -0.1) is 0 Å². The Morgan fingerprint density at radius 3 is 2.38 bits per heavy atom. The molecule has 126 valence electrons. The van der Waals surface area contributed by atoms with Crippen molar-refractivity contribution in [1.29, 1.82) is 0 Å². The van der Waals surface area contributed by atoms with Crippen LogP contribution in [0.4, 0.5) is 0 Å². The number of hydrogen-bond acceptors (Lipinski definition) is 6. The van der Waals surface area contributed by atoms with Crippen molar-refractivity contribution in [3.05, 3.63) is 53.1 Å². The van der Waals surface area contributed by atoms with E-state index < -0.39 is 11.9 Å². The molecule has 0 N–H and O–H groups in total. The van der Waals surface area contributed by atoms with Gasteiger partial charge in [-0.3, -0.25) is 0 Å². The normalized spacial score (nSPS) is 9.96. The molecule has 2 rings (SSSR count). The molecule has 0 aromatic heterocycles. The minimum Gasteiger partial charge on any atom is -0.493 e. The summed E-state index contributed by atoms with van der Waals surface area (Å²) in [4.78, 5) is 23.7. The molecule has 2 aromatic carbocycles. The van der Waals surface area contributed by atoms with E-state index in [1.54, 1.807) is 24.3 Å². The molecular formula is C17H15ClO6. The third-order valence-electron chi connectivity index (χ3n) is 2.99. The number of carbonyl (C=O) groups excluding carboxylic acids is 2. The highest BCUT2D eigenvalue weighted by Gasteiger charge is 2.17. The summed E-state index contributed by atoms with van der Waals surface area (Å²) in [6.07, 6.45) is 0. The molecular weight excluding hydrogens is 336 g/mol. The molecule has 0 fully saturated rings. The molecule has 7 heteroatoms. The van der Waals surface area contributed by atoms with Crippen LogP contribution in [0.15, 0.2) is 42.5 Å². The van der Waals surface area contributed by atoms with E-state index in [2.05, 4.69) is 4.74 Å². The lowest BCUT2D eigenvalue weighted by atomic mass is 10.2. The van der Waals surface area contributed by atoms with Crippen molar-refractivity contribution in [1.82, 2.24) is 0 Å². The first-order valence-electron chi connectivity index (χ1n) is 6.89. The number of ether oxygens (including phenoxy) is 4. The minimum absolute atomic E-state index is 0.0416. The smallest absolute Gasteiger partial charge is 0.349 e. The number of carbonyl (C=O) groups is 2. The lowest BCUT2D eigenvalue weighted by molar-refractivity contribution is -0.136. The largest absolute Gasteiger partial charge is 0.493 e. The van der Waals surface area contributed by atoms with Crippen LogP contribution in [-0.2, 0) is 9.53 Å². The molecule has 0 saturated heterocycles. The molecule has 0 radical (unpaired) electrons.